The Balaban J connectivity index is 1.48. The van der Waals surface area contributed by atoms with E-state index < -0.39 is 28.1 Å². The lowest BCUT2D eigenvalue weighted by molar-refractivity contribution is -0.139. The molecule has 3 aromatic rings. The molecule has 39 heavy (non-hydrogen) atoms. The Hall–Kier alpha value is -2.89. The fourth-order valence-electron chi connectivity index (χ4n) is 4.37. The molecule has 0 radical (unpaired) electrons. The highest BCUT2D eigenvalue weighted by Gasteiger charge is 2.42. The standard InChI is InChI=1S/C27H26Cl2N2O6S2/c1-36-23-4-3-5-24(37-2)25(23)17-8-6-16(7-9-17)12-21(27(32)33)30-26(38)22-10-11-31(22)39(34,35)20-14-18(28)13-19(29)15-20/h3-9,13-15,21-22H,10-12H2,1-2H3,(H,30,38)(H,32,33)/t21-,22?/m0/s1. The minimum absolute atomic E-state index is 0.0472. The molecule has 2 atom stereocenters. The molecule has 0 saturated carbocycles. The molecule has 1 unspecified atom stereocenters. The minimum atomic E-state index is -3.93. The molecule has 0 spiro atoms. The molecule has 3 aromatic carbocycles. The van der Waals surface area contributed by atoms with Gasteiger partial charge in [-0.1, -0.05) is 65.8 Å². The average molecular weight is 610 g/mol. The van der Waals surface area contributed by atoms with Crippen molar-refractivity contribution in [1.82, 2.24) is 9.62 Å². The summed E-state index contributed by atoms with van der Waals surface area (Å²) in [6.45, 7) is 0.241. The third-order valence-electron chi connectivity index (χ3n) is 6.44. The fraction of sp³-hybridized carbons (Fsp3) is 0.259. The van der Waals surface area contributed by atoms with Gasteiger partial charge in [-0.25, -0.2) is 13.2 Å². The molecule has 4 rings (SSSR count). The molecule has 1 heterocycles. The van der Waals surface area contributed by atoms with Crippen LogP contribution < -0.4 is 14.8 Å². The van der Waals surface area contributed by atoms with Crippen LogP contribution in [0.25, 0.3) is 11.1 Å². The summed E-state index contributed by atoms with van der Waals surface area (Å²) in [6, 6.07) is 15.2. The normalized spacial score (nSPS) is 16.2. The molecule has 1 saturated heterocycles. The van der Waals surface area contributed by atoms with Crippen molar-refractivity contribution in [2.24, 2.45) is 0 Å². The predicted octanol–water partition coefficient (Wildman–Crippen LogP) is 5.05. The molecule has 0 aliphatic carbocycles. The number of methoxy groups -OCH3 is 2. The summed E-state index contributed by atoms with van der Waals surface area (Å²) >= 11 is 17.5. The lowest BCUT2D eigenvalue weighted by Gasteiger charge is -2.40. The number of hydrogen-bond donors (Lipinski definition) is 2. The van der Waals surface area contributed by atoms with E-state index in [2.05, 4.69) is 5.32 Å². The number of rotatable bonds is 10. The van der Waals surface area contributed by atoms with Crippen LogP contribution in [0.1, 0.15) is 12.0 Å². The Morgan fingerprint density at radius 2 is 1.67 bits per heavy atom. The zero-order chi connectivity index (χ0) is 28.3. The first kappa shape index (κ1) is 29.1. The summed E-state index contributed by atoms with van der Waals surface area (Å²) in [5.74, 6) is 0.193. The molecule has 206 valence electrons. The van der Waals surface area contributed by atoms with E-state index in [1.165, 1.54) is 22.5 Å². The summed E-state index contributed by atoms with van der Waals surface area (Å²) in [6.07, 6.45) is 0.587. The topological polar surface area (TPSA) is 105 Å². The van der Waals surface area contributed by atoms with Crippen molar-refractivity contribution in [3.8, 4) is 22.6 Å². The van der Waals surface area contributed by atoms with Crippen LogP contribution in [0.15, 0.2) is 65.6 Å². The molecule has 0 bridgehead atoms. The minimum Gasteiger partial charge on any atom is -0.496 e. The van der Waals surface area contributed by atoms with E-state index in [0.29, 0.717) is 17.9 Å². The average Bonchev–Trinajstić information content (AvgIpc) is 2.86. The number of nitrogens with zero attached hydrogens (tertiary/aromatic N) is 1. The summed E-state index contributed by atoms with van der Waals surface area (Å²) in [4.78, 5) is 12.2. The highest BCUT2D eigenvalue weighted by atomic mass is 35.5. The molecule has 2 N–H and O–H groups in total. The van der Waals surface area contributed by atoms with Crippen LogP contribution >= 0.6 is 35.4 Å². The highest BCUT2D eigenvalue weighted by molar-refractivity contribution is 7.89. The maximum atomic E-state index is 13.2. The molecule has 0 aromatic heterocycles. The molecule has 1 fully saturated rings. The third kappa shape index (κ3) is 6.31. The Morgan fingerprint density at radius 1 is 1.08 bits per heavy atom. The molecule has 1 aliphatic rings. The number of carbonyl (C=O) groups is 1. The van der Waals surface area contributed by atoms with Crippen LogP contribution in [0, 0.1) is 0 Å². The number of thiocarbonyl (C=S) groups is 1. The third-order valence-corrected chi connectivity index (χ3v) is 9.15. The quantitative estimate of drug-likeness (QED) is 0.308. The number of halogens is 2. The van der Waals surface area contributed by atoms with Gasteiger partial charge < -0.3 is 19.9 Å². The van der Waals surface area contributed by atoms with Gasteiger partial charge in [-0.15, -0.1) is 0 Å². The van der Waals surface area contributed by atoms with Crippen LogP contribution in [-0.2, 0) is 21.2 Å². The van der Waals surface area contributed by atoms with Gasteiger partial charge in [0.05, 0.1) is 35.7 Å². The van der Waals surface area contributed by atoms with Crippen LogP contribution in [0.4, 0.5) is 0 Å². The summed E-state index contributed by atoms with van der Waals surface area (Å²) < 4.78 is 38.5. The SMILES string of the molecule is COc1cccc(OC)c1-c1ccc(C[C@H](NC(=S)C2CCN2S(=O)(=O)c2cc(Cl)cc(Cl)c2)C(=O)O)cc1. The number of ether oxygens (including phenoxy) is 2. The van der Waals surface area contributed by atoms with Crippen LogP contribution in [0.5, 0.6) is 11.5 Å². The van der Waals surface area contributed by atoms with Gasteiger partial charge in [0, 0.05) is 23.0 Å². The first-order valence-electron chi connectivity index (χ1n) is 11.9. The molecular weight excluding hydrogens is 583 g/mol. The summed E-state index contributed by atoms with van der Waals surface area (Å²) in [7, 11) is -0.769. The van der Waals surface area contributed by atoms with Crippen LogP contribution in [0.3, 0.4) is 0 Å². The number of benzene rings is 3. The van der Waals surface area contributed by atoms with E-state index in [-0.39, 0.29) is 32.9 Å². The van der Waals surface area contributed by atoms with Gasteiger partial charge >= 0.3 is 5.97 Å². The molecule has 8 nitrogen and oxygen atoms in total. The van der Waals surface area contributed by atoms with Crippen LogP contribution in [-0.4, -0.2) is 61.6 Å². The lowest BCUT2D eigenvalue weighted by atomic mass is 9.99. The lowest BCUT2D eigenvalue weighted by Crippen LogP contribution is -2.59. The van der Waals surface area contributed by atoms with Crippen molar-refractivity contribution in [3.63, 3.8) is 0 Å². The molecular formula is C27H26Cl2N2O6S2. The maximum absolute atomic E-state index is 13.2. The maximum Gasteiger partial charge on any atom is 0.326 e. The van der Waals surface area contributed by atoms with Crippen LogP contribution in [0.2, 0.25) is 10.0 Å². The zero-order valence-corrected chi connectivity index (χ0v) is 24.2. The van der Waals surface area contributed by atoms with Gasteiger partial charge in [0.15, 0.2) is 0 Å². The first-order valence-corrected chi connectivity index (χ1v) is 14.5. The van der Waals surface area contributed by atoms with Gasteiger partial charge in [-0.3, -0.25) is 0 Å². The van der Waals surface area contributed by atoms with E-state index in [0.717, 1.165) is 16.7 Å². The first-order chi connectivity index (χ1) is 18.5. The largest absolute Gasteiger partial charge is 0.496 e. The highest BCUT2D eigenvalue weighted by Crippen LogP contribution is 2.38. The smallest absolute Gasteiger partial charge is 0.326 e. The predicted molar refractivity (Wildman–Crippen MR) is 155 cm³/mol. The Kier molecular flexibility index (Phi) is 9.03. The number of hydrogen-bond acceptors (Lipinski definition) is 6. The van der Waals surface area contributed by atoms with Crippen molar-refractivity contribution in [1.29, 1.82) is 0 Å². The van der Waals surface area contributed by atoms with Gasteiger partial charge in [0.2, 0.25) is 10.0 Å². The van der Waals surface area contributed by atoms with Gasteiger partial charge in [0.1, 0.15) is 17.5 Å². The van der Waals surface area contributed by atoms with E-state index in [1.807, 2.05) is 42.5 Å². The second-order valence-electron chi connectivity index (χ2n) is 8.86. The monoisotopic (exact) mass is 608 g/mol. The van der Waals surface area contributed by atoms with Crippen molar-refractivity contribution in [2.75, 3.05) is 20.8 Å². The molecule has 1 aliphatic heterocycles. The van der Waals surface area contributed by atoms with Gasteiger partial charge in [0.25, 0.3) is 0 Å². The van der Waals surface area contributed by atoms with E-state index >= 15 is 0 Å². The van der Waals surface area contributed by atoms with Crippen molar-refractivity contribution in [2.45, 2.75) is 29.8 Å². The fourth-order valence-corrected chi connectivity index (χ4v) is 7.20. The number of carboxylic acid groups (broad SMARTS) is 1. The second kappa shape index (κ2) is 12.1. The summed E-state index contributed by atoms with van der Waals surface area (Å²) in [5, 5.41) is 13.1. The summed E-state index contributed by atoms with van der Waals surface area (Å²) in [5.41, 5.74) is 2.39. The second-order valence-corrected chi connectivity index (χ2v) is 12.1. The zero-order valence-electron chi connectivity index (χ0n) is 21.1. The number of sulfonamides is 1. The van der Waals surface area contributed by atoms with E-state index in [1.54, 1.807) is 14.2 Å². The Bertz CT molecular complexity index is 1460. The number of nitrogens with one attached hydrogen (secondary N) is 1. The Labute approximate surface area is 242 Å². The van der Waals surface area contributed by atoms with Crippen molar-refractivity contribution < 1.29 is 27.8 Å². The van der Waals surface area contributed by atoms with Gasteiger partial charge in [-0.2, -0.15) is 4.31 Å². The van der Waals surface area contributed by atoms with E-state index in [4.69, 9.17) is 44.9 Å². The number of aliphatic carboxylic acids is 1. The van der Waals surface area contributed by atoms with Crippen molar-refractivity contribution >= 4 is 56.4 Å². The number of carboxylic acids is 1. The van der Waals surface area contributed by atoms with E-state index in [9.17, 15) is 18.3 Å². The molecule has 12 heteroatoms. The molecule has 0 amide bonds. The van der Waals surface area contributed by atoms with Crippen molar-refractivity contribution in [3.05, 3.63) is 76.3 Å². The van der Waals surface area contributed by atoms with Gasteiger partial charge in [-0.05, 0) is 47.9 Å². The Morgan fingerprint density at radius 3 is 2.15 bits per heavy atom.